The van der Waals surface area contributed by atoms with E-state index in [4.69, 9.17) is 4.74 Å². The number of hydrogen-bond donors (Lipinski definition) is 1. The van der Waals surface area contributed by atoms with E-state index in [-0.39, 0.29) is 43.8 Å². The van der Waals surface area contributed by atoms with Crippen LogP contribution >= 0.6 is 0 Å². The van der Waals surface area contributed by atoms with Crippen LogP contribution in [-0.4, -0.2) is 68.3 Å². The molecule has 2 fully saturated rings. The van der Waals surface area contributed by atoms with Gasteiger partial charge < -0.3 is 24.8 Å². The summed E-state index contributed by atoms with van der Waals surface area (Å²) in [4.78, 5) is 62.8. The molecule has 3 heterocycles. The number of fused-ring (bicyclic) bond motifs is 2. The average molecular weight is 606 g/mol. The van der Waals surface area contributed by atoms with Crippen molar-refractivity contribution in [2.75, 3.05) is 6.54 Å². The molecule has 4 amide bonds. The van der Waals surface area contributed by atoms with Gasteiger partial charge in [-0.3, -0.25) is 19.4 Å². The molecule has 4 aromatic rings. The van der Waals surface area contributed by atoms with E-state index in [1.807, 2.05) is 67.6 Å². The van der Waals surface area contributed by atoms with Crippen LogP contribution in [0.4, 0.5) is 4.79 Å². The van der Waals surface area contributed by atoms with Gasteiger partial charge in [-0.1, -0.05) is 66.7 Å². The second kappa shape index (κ2) is 12.8. The van der Waals surface area contributed by atoms with E-state index in [0.29, 0.717) is 12.3 Å². The van der Waals surface area contributed by atoms with Crippen LogP contribution in [0.2, 0.25) is 0 Å². The number of carbonyl (C=O) groups is 4. The van der Waals surface area contributed by atoms with Gasteiger partial charge in [-0.25, -0.2) is 4.79 Å². The molecule has 10 nitrogen and oxygen atoms in total. The Morgan fingerprint density at radius 2 is 1.69 bits per heavy atom. The molecular weight excluding hydrogens is 570 g/mol. The lowest BCUT2D eigenvalue weighted by molar-refractivity contribution is -0.173. The molecule has 2 aliphatic heterocycles. The first-order chi connectivity index (χ1) is 21.8. The number of nitrogens with one attached hydrogen (secondary N) is 1. The molecule has 3 atom stereocenters. The monoisotopic (exact) mass is 605 g/mol. The molecule has 0 saturated carbocycles. The van der Waals surface area contributed by atoms with Gasteiger partial charge >= 0.3 is 12.0 Å². The number of urea groups is 1. The van der Waals surface area contributed by atoms with E-state index in [2.05, 4.69) is 10.3 Å². The Balaban J connectivity index is 1.34. The quantitative estimate of drug-likeness (QED) is 0.249. The lowest BCUT2D eigenvalue weighted by Gasteiger charge is -2.55. The molecule has 0 aliphatic carbocycles. The number of benzene rings is 3. The van der Waals surface area contributed by atoms with Gasteiger partial charge in [0.2, 0.25) is 11.8 Å². The van der Waals surface area contributed by atoms with Gasteiger partial charge in [0.1, 0.15) is 18.0 Å². The number of rotatable bonds is 7. The molecular formula is C35H35N5O5. The van der Waals surface area contributed by atoms with E-state index in [1.54, 1.807) is 45.2 Å². The first-order valence-electron chi connectivity index (χ1n) is 15.1. The number of carbonyl (C=O) groups excluding carboxylic acids is 4. The minimum Gasteiger partial charge on any atom is -0.427 e. The minimum absolute atomic E-state index is 0.115. The summed E-state index contributed by atoms with van der Waals surface area (Å²) in [6, 6.07) is 24.7. The third kappa shape index (κ3) is 6.22. The van der Waals surface area contributed by atoms with Crippen LogP contribution in [0.5, 0.6) is 5.75 Å². The highest BCUT2D eigenvalue weighted by Crippen LogP contribution is 2.33. The van der Waals surface area contributed by atoms with Crippen LogP contribution in [0.3, 0.4) is 0 Å². The second-order valence-corrected chi connectivity index (χ2v) is 11.5. The molecule has 1 N–H and O–H groups in total. The highest BCUT2D eigenvalue weighted by Gasteiger charge is 2.52. The van der Waals surface area contributed by atoms with Gasteiger partial charge in [0, 0.05) is 51.0 Å². The number of piperazine rings is 1. The van der Waals surface area contributed by atoms with Crippen molar-refractivity contribution in [3.8, 4) is 5.75 Å². The summed E-state index contributed by atoms with van der Waals surface area (Å²) in [7, 11) is 0. The standard InChI is InChI=1S/C35H35N5O5/c1-23-33-38(35(44)37-21-26-8-4-3-5-9-26)19-17-31(42)40(33)30(20-25-13-15-29(16-14-25)45-24(2)41)34(43)39(23)22-28-11-6-10-27-12-7-18-36-32(27)28/h3-16,18,23,30,33H,17,19-22H2,1-2H3,(H,37,44)/t23-,30-,33?/m0/s1. The summed E-state index contributed by atoms with van der Waals surface area (Å²) in [5.74, 6) is -0.394. The fourth-order valence-corrected chi connectivity index (χ4v) is 6.36. The number of para-hydroxylation sites is 1. The molecule has 45 heavy (non-hydrogen) atoms. The molecule has 0 bridgehead atoms. The minimum atomic E-state index is -0.842. The fourth-order valence-electron chi connectivity index (χ4n) is 6.36. The van der Waals surface area contributed by atoms with Gasteiger partial charge in [-0.05, 0) is 41.8 Å². The van der Waals surface area contributed by atoms with Crippen LogP contribution in [-0.2, 0) is 33.9 Å². The summed E-state index contributed by atoms with van der Waals surface area (Å²) in [6.45, 7) is 4.09. The van der Waals surface area contributed by atoms with Crippen molar-refractivity contribution in [1.82, 2.24) is 25.0 Å². The van der Waals surface area contributed by atoms with E-state index < -0.39 is 24.2 Å². The third-order valence-corrected chi connectivity index (χ3v) is 8.50. The van der Waals surface area contributed by atoms with Crippen LogP contribution in [0.25, 0.3) is 10.9 Å². The lowest BCUT2D eigenvalue weighted by Crippen LogP contribution is -2.75. The Bertz CT molecular complexity index is 1720. The molecule has 2 aliphatic rings. The van der Waals surface area contributed by atoms with Crippen LogP contribution < -0.4 is 10.1 Å². The van der Waals surface area contributed by atoms with Crippen LogP contribution in [0.1, 0.15) is 37.0 Å². The molecule has 3 aromatic carbocycles. The second-order valence-electron chi connectivity index (χ2n) is 11.5. The number of amides is 4. The largest absolute Gasteiger partial charge is 0.427 e. The van der Waals surface area contributed by atoms with Crippen molar-refractivity contribution in [2.45, 2.75) is 58.0 Å². The Morgan fingerprint density at radius 1 is 0.933 bits per heavy atom. The smallest absolute Gasteiger partial charge is 0.319 e. The summed E-state index contributed by atoms with van der Waals surface area (Å²) < 4.78 is 5.18. The predicted molar refractivity (Wildman–Crippen MR) is 168 cm³/mol. The SMILES string of the molecule is CC(=O)Oc1ccc(C[C@H]2C(=O)N(Cc3cccc4cccnc34)[C@@H](C)C3N(C(=O)NCc4ccccc4)CCC(=O)N32)cc1. The number of esters is 1. The van der Waals surface area contributed by atoms with Crippen molar-refractivity contribution in [2.24, 2.45) is 0 Å². The van der Waals surface area contributed by atoms with Crippen LogP contribution in [0, 0.1) is 0 Å². The average Bonchev–Trinajstić information content (AvgIpc) is 3.05. The zero-order valence-electron chi connectivity index (χ0n) is 25.3. The Morgan fingerprint density at radius 3 is 2.44 bits per heavy atom. The van der Waals surface area contributed by atoms with Crippen molar-refractivity contribution >= 4 is 34.7 Å². The van der Waals surface area contributed by atoms with Crippen molar-refractivity contribution in [3.05, 3.63) is 108 Å². The zero-order valence-corrected chi connectivity index (χ0v) is 25.3. The molecule has 0 spiro atoms. The zero-order chi connectivity index (χ0) is 31.5. The molecule has 1 unspecified atom stereocenters. The van der Waals surface area contributed by atoms with Crippen LogP contribution in [0.15, 0.2) is 91.1 Å². The maximum Gasteiger partial charge on any atom is 0.319 e. The first kappa shape index (κ1) is 29.8. The Labute approximate surface area is 261 Å². The highest BCUT2D eigenvalue weighted by atomic mass is 16.5. The lowest BCUT2D eigenvalue weighted by atomic mass is 9.93. The van der Waals surface area contributed by atoms with Crippen molar-refractivity contribution < 1.29 is 23.9 Å². The van der Waals surface area contributed by atoms with Crippen molar-refractivity contribution in [3.63, 3.8) is 0 Å². The van der Waals surface area contributed by atoms with E-state index in [9.17, 15) is 19.2 Å². The molecule has 10 heteroatoms. The van der Waals surface area contributed by atoms with Gasteiger partial charge in [0.15, 0.2) is 0 Å². The first-order valence-corrected chi connectivity index (χ1v) is 15.1. The number of hydrogen-bond acceptors (Lipinski definition) is 6. The molecule has 2 saturated heterocycles. The summed E-state index contributed by atoms with van der Waals surface area (Å²) in [5, 5.41) is 3.98. The van der Waals surface area contributed by atoms with Gasteiger partial charge in [-0.15, -0.1) is 0 Å². The van der Waals surface area contributed by atoms with E-state index in [0.717, 1.165) is 27.6 Å². The van der Waals surface area contributed by atoms with Crippen molar-refractivity contribution in [1.29, 1.82) is 0 Å². The molecule has 0 radical (unpaired) electrons. The predicted octanol–water partition coefficient (Wildman–Crippen LogP) is 4.27. The number of aromatic nitrogens is 1. The number of ether oxygens (including phenoxy) is 1. The Hall–Kier alpha value is -5.25. The molecule has 1 aromatic heterocycles. The van der Waals surface area contributed by atoms with Gasteiger partial charge in [0.05, 0.1) is 11.6 Å². The summed E-state index contributed by atoms with van der Waals surface area (Å²) in [6.07, 6.45) is 1.41. The maximum atomic E-state index is 14.4. The number of nitrogens with zero attached hydrogens (tertiary/aromatic N) is 4. The number of pyridine rings is 1. The Kier molecular flexibility index (Phi) is 8.46. The van der Waals surface area contributed by atoms with E-state index in [1.165, 1.54) is 6.92 Å². The summed E-state index contributed by atoms with van der Waals surface area (Å²) >= 11 is 0. The maximum absolute atomic E-state index is 14.4. The molecule has 6 rings (SSSR count). The highest BCUT2D eigenvalue weighted by molar-refractivity contribution is 5.92. The van der Waals surface area contributed by atoms with E-state index >= 15 is 0 Å². The molecule has 230 valence electrons. The fraction of sp³-hybridized carbons (Fsp3) is 0.286. The normalized spacial score (nSPS) is 19.8. The topological polar surface area (TPSA) is 112 Å². The summed E-state index contributed by atoms with van der Waals surface area (Å²) in [5.41, 5.74) is 3.44. The third-order valence-electron chi connectivity index (χ3n) is 8.50. The van der Waals surface area contributed by atoms with Gasteiger partial charge in [-0.2, -0.15) is 0 Å². The van der Waals surface area contributed by atoms with Gasteiger partial charge in [0.25, 0.3) is 0 Å².